The first-order chi connectivity index (χ1) is 8.26. The Balaban J connectivity index is 4.04. The van der Waals surface area contributed by atoms with Crippen molar-refractivity contribution in [1.82, 2.24) is 5.32 Å². The van der Waals surface area contributed by atoms with Gasteiger partial charge >= 0.3 is 5.97 Å². The number of amides is 1. The lowest BCUT2D eigenvalue weighted by Crippen LogP contribution is -2.35. The van der Waals surface area contributed by atoms with Gasteiger partial charge < -0.3 is 15.2 Å². The highest BCUT2D eigenvalue weighted by molar-refractivity contribution is 5.77. The number of methoxy groups -OCH3 is 1. The van der Waals surface area contributed by atoms with E-state index in [-0.39, 0.29) is 17.9 Å². The zero-order valence-electron chi connectivity index (χ0n) is 11.8. The van der Waals surface area contributed by atoms with Gasteiger partial charge in [0.15, 0.2) is 0 Å². The van der Waals surface area contributed by atoms with Crippen LogP contribution in [0.2, 0.25) is 0 Å². The van der Waals surface area contributed by atoms with Gasteiger partial charge in [-0.2, -0.15) is 0 Å². The highest BCUT2D eigenvalue weighted by atomic mass is 16.5. The molecule has 0 bridgehead atoms. The highest BCUT2D eigenvalue weighted by Crippen LogP contribution is 2.24. The van der Waals surface area contributed by atoms with E-state index in [1.165, 1.54) is 0 Å². The third kappa shape index (κ3) is 8.98. The Morgan fingerprint density at radius 2 is 1.94 bits per heavy atom. The van der Waals surface area contributed by atoms with E-state index in [4.69, 9.17) is 9.84 Å². The molecular weight excluding hydrogens is 234 g/mol. The molecule has 5 nitrogen and oxygen atoms in total. The average molecular weight is 259 g/mol. The smallest absolute Gasteiger partial charge is 0.308 e. The molecule has 1 atom stereocenters. The molecule has 18 heavy (non-hydrogen) atoms. The maximum atomic E-state index is 11.5. The molecular formula is C13H25NO4. The molecule has 1 amide bonds. The normalized spacial score (nSPS) is 13.1. The minimum Gasteiger partial charge on any atom is -0.481 e. The van der Waals surface area contributed by atoms with E-state index in [2.05, 4.69) is 5.32 Å². The Labute approximate surface area is 109 Å². The fraction of sp³-hybridized carbons (Fsp3) is 0.846. The molecule has 0 aromatic heterocycles. The first-order valence-electron chi connectivity index (χ1n) is 6.24. The predicted molar refractivity (Wildman–Crippen MR) is 69.3 cm³/mol. The summed E-state index contributed by atoms with van der Waals surface area (Å²) in [5.74, 6) is -1.51. The second-order valence-electron chi connectivity index (χ2n) is 5.70. The zero-order chi connectivity index (χ0) is 14.2. The Hall–Kier alpha value is -1.10. The van der Waals surface area contributed by atoms with E-state index < -0.39 is 11.9 Å². The first-order valence-corrected chi connectivity index (χ1v) is 6.24. The lowest BCUT2D eigenvalue weighted by Gasteiger charge is -2.23. The van der Waals surface area contributed by atoms with E-state index in [1.54, 1.807) is 7.11 Å². The van der Waals surface area contributed by atoms with Gasteiger partial charge in [0.05, 0.1) is 5.92 Å². The van der Waals surface area contributed by atoms with Crippen LogP contribution in [0, 0.1) is 11.3 Å². The molecule has 0 aliphatic rings. The van der Waals surface area contributed by atoms with Gasteiger partial charge in [-0.15, -0.1) is 0 Å². The SMILES string of the molecule is COCCCC(=O)NCC(CC(C)(C)C)C(=O)O. The van der Waals surface area contributed by atoms with Crippen molar-refractivity contribution >= 4 is 11.9 Å². The first kappa shape index (κ1) is 16.9. The van der Waals surface area contributed by atoms with E-state index in [0.717, 1.165) is 0 Å². The van der Waals surface area contributed by atoms with Crippen LogP contribution in [0.1, 0.15) is 40.0 Å². The molecule has 0 fully saturated rings. The van der Waals surface area contributed by atoms with Crippen LogP contribution in [0.5, 0.6) is 0 Å². The van der Waals surface area contributed by atoms with Crippen LogP contribution in [0.4, 0.5) is 0 Å². The number of hydrogen-bond donors (Lipinski definition) is 2. The second-order valence-corrected chi connectivity index (χ2v) is 5.70. The maximum absolute atomic E-state index is 11.5. The van der Waals surface area contributed by atoms with Crippen molar-refractivity contribution in [3.63, 3.8) is 0 Å². The van der Waals surface area contributed by atoms with Crippen LogP contribution < -0.4 is 5.32 Å². The number of hydrogen-bond acceptors (Lipinski definition) is 3. The van der Waals surface area contributed by atoms with Crippen molar-refractivity contribution in [1.29, 1.82) is 0 Å². The summed E-state index contributed by atoms with van der Waals surface area (Å²) in [5.41, 5.74) is -0.0656. The summed E-state index contributed by atoms with van der Waals surface area (Å²) in [6, 6.07) is 0. The minimum atomic E-state index is -0.859. The van der Waals surface area contributed by atoms with Crippen LogP contribution in [0.3, 0.4) is 0 Å². The van der Waals surface area contributed by atoms with Crippen LogP contribution in [-0.2, 0) is 14.3 Å². The van der Waals surface area contributed by atoms with Crippen molar-refractivity contribution in [2.24, 2.45) is 11.3 Å². The number of carbonyl (C=O) groups excluding carboxylic acids is 1. The average Bonchev–Trinajstić information content (AvgIpc) is 2.22. The molecule has 0 aromatic carbocycles. The van der Waals surface area contributed by atoms with Crippen LogP contribution in [-0.4, -0.2) is 37.2 Å². The maximum Gasteiger partial charge on any atom is 0.308 e. The summed E-state index contributed by atoms with van der Waals surface area (Å²) in [5, 5.41) is 11.8. The molecule has 0 aromatic rings. The Bertz CT molecular complexity index is 271. The minimum absolute atomic E-state index is 0.0656. The van der Waals surface area contributed by atoms with Gasteiger partial charge in [-0.1, -0.05) is 20.8 Å². The molecule has 5 heteroatoms. The van der Waals surface area contributed by atoms with Gasteiger partial charge in [0, 0.05) is 26.7 Å². The monoisotopic (exact) mass is 259 g/mol. The number of ether oxygens (including phenoxy) is 1. The number of aliphatic carboxylic acids is 1. The van der Waals surface area contributed by atoms with E-state index in [9.17, 15) is 9.59 Å². The van der Waals surface area contributed by atoms with Crippen LogP contribution in [0.15, 0.2) is 0 Å². The summed E-state index contributed by atoms with van der Waals surface area (Å²) < 4.78 is 4.85. The van der Waals surface area contributed by atoms with Crippen molar-refractivity contribution in [2.45, 2.75) is 40.0 Å². The molecule has 0 spiro atoms. The number of rotatable bonds is 8. The molecule has 0 saturated carbocycles. The Morgan fingerprint density at radius 1 is 1.33 bits per heavy atom. The third-order valence-electron chi connectivity index (χ3n) is 2.51. The van der Waals surface area contributed by atoms with Gasteiger partial charge in [-0.05, 0) is 18.3 Å². The molecule has 0 radical (unpaired) electrons. The molecule has 2 N–H and O–H groups in total. The molecule has 0 heterocycles. The number of carboxylic acids is 1. The lowest BCUT2D eigenvalue weighted by molar-refractivity contribution is -0.142. The van der Waals surface area contributed by atoms with Gasteiger partial charge in [0.25, 0.3) is 0 Å². The molecule has 0 rings (SSSR count). The van der Waals surface area contributed by atoms with E-state index in [1.807, 2.05) is 20.8 Å². The lowest BCUT2D eigenvalue weighted by atomic mass is 9.84. The van der Waals surface area contributed by atoms with Gasteiger partial charge in [0.2, 0.25) is 5.91 Å². The molecule has 106 valence electrons. The van der Waals surface area contributed by atoms with E-state index in [0.29, 0.717) is 25.9 Å². The summed E-state index contributed by atoms with van der Waals surface area (Å²) in [6.45, 7) is 6.70. The van der Waals surface area contributed by atoms with E-state index >= 15 is 0 Å². The topological polar surface area (TPSA) is 75.6 Å². The zero-order valence-corrected chi connectivity index (χ0v) is 11.8. The van der Waals surface area contributed by atoms with Crippen molar-refractivity contribution < 1.29 is 19.4 Å². The van der Waals surface area contributed by atoms with Crippen LogP contribution >= 0.6 is 0 Å². The van der Waals surface area contributed by atoms with Gasteiger partial charge in [0.1, 0.15) is 0 Å². The standard InChI is InChI=1S/C13H25NO4/c1-13(2,3)8-10(12(16)17)9-14-11(15)6-5-7-18-4/h10H,5-9H2,1-4H3,(H,14,15)(H,16,17). The molecule has 1 unspecified atom stereocenters. The van der Waals surface area contributed by atoms with Gasteiger partial charge in [-0.25, -0.2) is 0 Å². The fourth-order valence-electron chi connectivity index (χ4n) is 1.69. The van der Waals surface area contributed by atoms with Crippen molar-refractivity contribution in [2.75, 3.05) is 20.3 Å². The largest absolute Gasteiger partial charge is 0.481 e. The number of carbonyl (C=O) groups is 2. The number of carboxylic acid groups (broad SMARTS) is 1. The van der Waals surface area contributed by atoms with Crippen molar-refractivity contribution in [3.05, 3.63) is 0 Å². The van der Waals surface area contributed by atoms with Crippen molar-refractivity contribution in [3.8, 4) is 0 Å². The third-order valence-corrected chi connectivity index (χ3v) is 2.51. The summed E-state index contributed by atoms with van der Waals surface area (Å²) in [7, 11) is 1.59. The molecule has 0 saturated heterocycles. The fourth-order valence-corrected chi connectivity index (χ4v) is 1.69. The van der Waals surface area contributed by atoms with Crippen LogP contribution in [0.25, 0.3) is 0 Å². The highest BCUT2D eigenvalue weighted by Gasteiger charge is 2.24. The Morgan fingerprint density at radius 3 is 2.39 bits per heavy atom. The Kier molecular flexibility index (Phi) is 7.59. The summed E-state index contributed by atoms with van der Waals surface area (Å²) in [6.07, 6.45) is 1.57. The summed E-state index contributed by atoms with van der Waals surface area (Å²) >= 11 is 0. The molecule has 0 aliphatic carbocycles. The quantitative estimate of drug-likeness (QED) is 0.650. The summed E-state index contributed by atoms with van der Waals surface area (Å²) in [4.78, 5) is 22.5. The van der Waals surface area contributed by atoms with Gasteiger partial charge in [-0.3, -0.25) is 9.59 Å². The number of nitrogens with one attached hydrogen (secondary N) is 1. The predicted octanol–water partition coefficient (Wildman–Crippen LogP) is 1.67. The second kappa shape index (κ2) is 8.08. The molecule has 0 aliphatic heterocycles.